The van der Waals surface area contributed by atoms with Gasteiger partial charge in [-0.25, -0.2) is 0 Å². The van der Waals surface area contributed by atoms with Crippen molar-refractivity contribution in [1.82, 2.24) is 9.47 Å². The molecular weight excluding hydrogens is 192 g/mol. The fourth-order valence-electron chi connectivity index (χ4n) is 1.36. The molecule has 0 bridgehead atoms. The number of nitrogens with zero attached hydrogens (tertiary/aromatic N) is 2. The number of amides is 1. The third kappa shape index (κ3) is 3.09. The zero-order valence-electron chi connectivity index (χ0n) is 9.47. The number of aryl methyl sites for hydroxylation is 1. The number of hydrogen-bond donors (Lipinski definition) is 1. The summed E-state index contributed by atoms with van der Waals surface area (Å²) in [4.78, 5) is 13.5. The summed E-state index contributed by atoms with van der Waals surface area (Å²) in [5.41, 5.74) is 0.670. The van der Waals surface area contributed by atoms with Crippen molar-refractivity contribution < 1.29 is 9.90 Å². The van der Waals surface area contributed by atoms with Crippen molar-refractivity contribution >= 4 is 5.91 Å². The van der Waals surface area contributed by atoms with Gasteiger partial charge < -0.3 is 14.6 Å². The molecule has 0 spiro atoms. The molecule has 15 heavy (non-hydrogen) atoms. The van der Waals surface area contributed by atoms with Gasteiger partial charge in [0.15, 0.2) is 0 Å². The molecule has 1 amide bonds. The maximum absolute atomic E-state index is 11.9. The Kier molecular flexibility index (Phi) is 3.91. The largest absolute Gasteiger partial charge is 0.393 e. The quantitative estimate of drug-likeness (QED) is 0.801. The van der Waals surface area contributed by atoms with Gasteiger partial charge in [-0.05, 0) is 25.5 Å². The summed E-state index contributed by atoms with van der Waals surface area (Å²) >= 11 is 0. The van der Waals surface area contributed by atoms with Gasteiger partial charge in [0.1, 0.15) is 5.69 Å². The zero-order chi connectivity index (χ0) is 11.4. The lowest BCUT2D eigenvalue weighted by molar-refractivity contribution is 0.0759. The number of carbonyl (C=O) groups is 1. The van der Waals surface area contributed by atoms with Gasteiger partial charge in [-0.2, -0.15) is 0 Å². The van der Waals surface area contributed by atoms with Crippen LogP contribution in [-0.2, 0) is 7.05 Å². The fourth-order valence-corrected chi connectivity index (χ4v) is 1.36. The van der Waals surface area contributed by atoms with E-state index in [1.807, 2.05) is 19.3 Å². The maximum atomic E-state index is 11.9. The van der Waals surface area contributed by atoms with E-state index in [9.17, 15) is 4.79 Å². The standard InChI is InChI=1S/C11H18N2O2/c1-9(14)6-8-13(3)11(15)10-5-4-7-12(10)2/h4-5,7,9,14H,6,8H2,1-3H3. The lowest BCUT2D eigenvalue weighted by Crippen LogP contribution is -2.30. The van der Waals surface area contributed by atoms with Crippen LogP contribution in [-0.4, -0.2) is 40.2 Å². The number of hydrogen-bond acceptors (Lipinski definition) is 2. The van der Waals surface area contributed by atoms with E-state index >= 15 is 0 Å². The second kappa shape index (κ2) is 4.98. The molecule has 0 saturated heterocycles. The molecule has 0 saturated carbocycles. The Bertz CT molecular complexity index is 331. The van der Waals surface area contributed by atoms with Crippen LogP contribution in [0.4, 0.5) is 0 Å². The topological polar surface area (TPSA) is 45.5 Å². The molecule has 4 heteroatoms. The smallest absolute Gasteiger partial charge is 0.270 e. The second-order valence-corrected chi connectivity index (χ2v) is 3.87. The summed E-state index contributed by atoms with van der Waals surface area (Å²) in [5.74, 6) is -0.0110. The highest BCUT2D eigenvalue weighted by Crippen LogP contribution is 2.04. The van der Waals surface area contributed by atoms with E-state index in [-0.39, 0.29) is 12.0 Å². The summed E-state index contributed by atoms with van der Waals surface area (Å²) in [6.45, 7) is 2.29. The Labute approximate surface area is 90.1 Å². The molecule has 4 nitrogen and oxygen atoms in total. The lowest BCUT2D eigenvalue weighted by Gasteiger charge is -2.18. The van der Waals surface area contributed by atoms with Crippen molar-refractivity contribution in [2.24, 2.45) is 7.05 Å². The molecule has 1 heterocycles. The van der Waals surface area contributed by atoms with E-state index in [1.165, 1.54) is 0 Å². The van der Waals surface area contributed by atoms with Crippen LogP contribution in [0.25, 0.3) is 0 Å². The molecule has 0 radical (unpaired) electrons. The highest BCUT2D eigenvalue weighted by atomic mass is 16.3. The monoisotopic (exact) mass is 210 g/mol. The maximum Gasteiger partial charge on any atom is 0.270 e. The van der Waals surface area contributed by atoms with Gasteiger partial charge in [0.25, 0.3) is 5.91 Å². The van der Waals surface area contributed by atoms with Crippen LogP contribution in [0.1, 0.15) is 23.8 Å². The number of aliphatic hydroxyl groups excluding tert-OH is 1. The van der Waals surface area contributed by atoms with Crippen LogP contribution in [0.5, 0.6) is 0 Å². The van der Waals surface area contributed by atoms with Crippen molar-refractivity contribution in [3.63, 3.8) is 0 Å². The van der Waals surface area contributed by atoms with Gasteiger partial charge >= 0.3 is 0 Å². The van der Waals surface area contributed by atoms with Gasteiger partial charge in [-0.3, -0.25) is 4.79 Å². The van der Waals surface area contributed by atoms with Crippen LogP contribution in [0.15, 0.2) is 18.3 Å². The first-order valence-electron chi connectivity index (χ1n) is 5.07. The minimum Gasteiger partial charge on any atom is -0.393 e. The first-order chi connectivity index (χ1) is 7.02. The van der Waals surface area contributed by atoms with E-state index in [1.54, 1.807) is 29.5 Å². The Hall–Kier alpha value is -1.29. The van der Waals surface area contributed by atoms with E-state index < -0.39 is 0 Å². The average molecular weight is 210 g/mol. The van der Waals surface area contributed by atoms with Crippen LogP contribution in [0, 0.1) is 0 Å². The lowest BCUT2D eigenvalue weighted by atomic mass is 10.2. The number of rotatable bonds is 4. The molecule has 84 valence electrons. The summed E-state index contributed by atoms with van der Waals surface area (Å²) in [5, 5.41) is 9.13. The summed E-state index contributed by atoms with van der Waals surface area (Å²) < 4.78 is 1.79. The van der Waals surface area contributed by atoms with E-state index in [0.717, 1.165) is 0 Å². The molecule has 0 aliphatic carbocycles. The minimum atomic E-state index is -0.367. The molecular formula is C11H18N2O2. The molecule has 0 aliphatic rings. The third-order valence-electron chi connectivity index (χ3n) is 2.39. The molecule has 1 aromatic heterocycles. The van der Waals surface area contributed by atoms with E-state index in [2.05, 4.69) is 0 Å². The first-order valence-corrected chi connectivity index (χ1v) is 5.07. The van der Waals surface area contributed by atoms with E-state index in [4.69, 9.17) is 5.11 Å². The highest BCUT2D eigenvalue weighted by molar-refractivity contribution is 5.92. The predicted molar refractivity (Wildman–Crippen MR) is 58.7 cm³/mol. The van der Waals surface area contributed by atoms with Gasteiger partial charge in [-0.15, -0.1) is 0 Å². The normalized spacial score (nSPS) is 12.5. The van der Waals surface area contributed by atoms with E-state index in [0.29, 0.717) is 18.7 Å². The summed E-state index contributed by atoms with van der Waals surface area (Å²) in [6, 6.07) is 3.64. The van der Waals surface area contributed by atoms with Crippen LogP contribution in [0.2, 0.25) is 0 Å². The van der Waals surface area contributed by atoms with Gasteiger partial charge in [0.2, 0.25) is 0 Å². The highest BCUT2D eigenvalue weighted by Gasteiger charge is 2.14. The number of aromatic nitrogens is 1. The van der Waals surface area contributed by atoms with Crippen molar-refractivity contribution in [3.05, 3.63) is 24.0 Å². The summed E-state index contributed by atoms with van der Waals surface area (Å²) in [6.07, 6.45) is 2.08. The molecule has 1 atom stereocenters. The van der Waals surface area contributed by atoms with Gasteiger partial charge in [-0.1, -0.05) is 0 Å². The molecule has 1 N–H and O–H groups in total. The molecule has 0 fully saturated rings. The predicted octanol–water partition coefficient (Wildman–Crippen LogP) is 0.868. The van der Waals surface area contributed by atoms with Crippen LogP contribution in [0.3, 0.4) is 0 Å². The first kappa shape index (κ1) is 11.8. The molecule has 0 aliphatic heterocycles. The van der Waals surface area contributed by atoms with Gasteiger partial charge in [0, 0.05) is 26.8 Å². The fraction of sp³-hybridized carbons (Fsp3) is 0.545. The molecule has 1 rings (SSSR count). The van der Waals surface area contributed by atoms with Crippen molar-refractivity contribution in [3.8, 4) is 0 Å². The Balaban J connectivity index is 2.57. The zero-order valence-corrected chi connectivity index (χ0v) is 9.47. The Morgan fingerprint density at radius 3 is 2.80 bits per heavy atom. The Morgan fingerprint density at radius 2 is 2.33 bits per heavy atom. The molecule has 1 aromatic rings. The van der Waals surface area contributed by atoms with Crippen molar-refractivity contribution in [2.45, 2.75) is 19.4 Å². The Morgan fingerprint density at radius 1 is 1.67 bits per heavy atom. The number of carbonyl (C=O) groups excluding carboxylic acids is 1. The van der Waals surface area contributed by atoms with Crippen molar-refractivity contribution in [1.29, 1.82) is 0 Å². The minimum absolute atomic E-state index is 0.0110. The van der Waals surface area contributed by atoms with Crippen LogP contribution >= 0.6 is 0 Å². The average Bonchev–Trinajstić information content (AvgIpc) is 2.59. The SMILES string of the molecule is CC(O)CCN(C)C(=O)c1cccn1C. The second-order valence-electron chi connectivity index (χ2n) is 3.87. The molecule has 0 aromatic carbocycles. The third-order valence-corrected chi connectivity index (χ3v) is 2.39. The molecule has 1 unspecified atom stereocenters. The number of aliphatic hydroxyl groups is 1. The van der Waals surface area contributed by atoms with Crippen LogP contribution < -0.4 is 0 Å². The van der Waals surface area contributed by atoms with Gasteiger partial charge in [0.05, 0.1) is 6.10 Å². The summed E-state index contributed by atoms with van der Waals surface area (Å²) in [7, 11) is 3.59. The van der Waals surface area contributed by atoms with Crippen molar-refractivity contribution in [2.75, 3.05) is 13.6 Å².